The average Bonchev–Trinajstić information content (AvgIpc) is 3.59. The van der Waals surface area contributed by atoms with E-state index >= 15 is 0 Å². The Kier molecular flexibility index (Phi) is 6.01. The second-order valence-corrected chi connectivity index (χ2v) is 9.17. The first-order valence-corrected chi connectivity index (χ1v) is 11.7. The molecule has 0 unspecified atom stereocenters. The van der Waals surface area contributed by atoms with Gasteiger partial charge in [-0.25, -0.2) is 14.4 Å². The fourth-order valence-electron chi connectivity index (χ4n) is 3.94. The average molecular weight is 458 g/mol. The molecular weight excluding hydrogens is 429 g/mol. The topological polar surface area (TPSA) is 71.3 Å². The van der Waals surface area contributed by atoms with Gasteiger partial charge in [-0.1, -0.05) is 56.3 Å². The van der Waals surface area contributed by atoms with Crippen LogP contribution in [0.2, 0.25) is 0 Å². The molecule has 7 heteroatoms. The van der Waals surface area contributed by atoms with Gasteiger partial charge < -0.3 is 10.6 Å². The van der Waals surface area contributed by atoms with E-state index in [1.165, 1.54) is 0 Å². The third kappa shape index (κ3) is 4.51. The van der Waals surface area contributed by atoms with Gasteiger partial charge in [0.05, 0.1) is 17.1 Å². The zero-order valence-corrected chi connectivity index (χ0v) is 19.4. The molecule has 6 nitrogen and oxygen atoms in total. The number of carbonyl (C=O) groups is 1. The minimum Gasteiger partial charge on any atom is -0.367 e. The number of alkyl halides is 1. The van der Waals surface area contributed by atoms with Crippen molar-refractivity contribution in [3.05, 3.63) is 72.1 Å². The third-order valence-corrected chi connectivity index (χ3v) is 5.89. The van der Waals surface area contributed by atoms with Crippen LogP contribution in [0.3, 0.4) is 0 Å². The number of fused-ring (bicyclic) bond motifs is 1. The largest absolute Gasteiger partial charge is 0.367 e. The molecule has 1 amide bonds. The predicted molar refractivity (Wildman–Crippen MR) is 132 cm³/mol. The monoisotopic (exact) mass is 457 g/mol. The summed E-state index contributed by atoms with van der Waals surface area (Å²) in [6.45, 7) is 4.26. The van der Waals surface area contributed by atoms with Crippen LogP contribution >= 0.6 is 0 Å². The van der Waals surface area contributed by atoms with Crippen molar-refractivity contribution in [2.45, 2.75) is 39.4 Å². The maximum Gasteiger partial charge on any atom is 0.251 e. The molecule has 0 saturated heterocycles. The summed E-state index contributed by atoms with van der Waals surface area (Å²) in [6.07, 6.45) is 3.98. The molecule has 0 spiro atoms. The highest BCUT2D eigenvalue weighted by Gasteiger charge is 2.24. The first kappa shape index (κ1) is 22.1. The number of imidazole rings is 1. The van der Waals surface area contributed by atoms with E-state index in [0.717, 1.165) is 36.2 Å². The smallest absolute Gasteiger partial charge is 0.251 e. The second kappa shape index (κ2) is 9.25. The van der Waals surface area contributed by atoms with Crippen LogP contribution in [-0.2, 0) is 6.67 Å². The summed E-state index contributed by atoms with van der Waals surface area (Å²) in [5.41, 5.74) is 4.71. The minimum atomic E-state index is -0.703. The maximum absolute atomic E-state index is 14.2. The lowest BCUT2D eigenvalue weighted by molar-refractivity contribution is 0.0951. The Morgan fingerprint density at radius 2 is 1.79 bits per heavy atom. The van der Waals surface area contributed by atoms with Gasteiger partial charge in [-0.15, -0.1) is 0 Å². The normalized spacial score (nSPS) is 13.4. The van der Waals surface area contributed by atoms with E-state index in [1.807, 2.05) is 53.1 Å². The van der Waals surface area contributed by atoms with E-state index in [0.29, 0.717) is 40.4 Å². The number of benzene rings is 2. The van der Waals surface area contributed by atoms with Gasteiger partial charge in [-0.2, -0.15) is 0 Å². The number of carbonyl (C=O) groups excluding carboxylic acids is 1. The molecular formula is C27H28FN5O. The van der Waals surface area contributed by atoms with Crippen LogP contribution in [0.5, 0.6) is 0 Å². The zero-order chi connectivity index (χ0) is 23.7. The summed E-state index contributed by atoms with van der Waals surface area (Å²) in [5, 5.41) is 6.39. The first-order chi connectivity index (χ1) is 16.5. The summed E-state index contributed by atoms with van der Waals surface area (Å²) in [5.74, 6) is 0.955. The number of halogens is 1. The highest BCUT2D eigenvalue weighted by molar-refractivity contribution is 5.95. The Bertz CT molecular complexity index is 1310. The molecule has 2 aromatic heterocycles. The van der Waals surface area contributed by atoms with E-state index in [1.54, 1.807) is 12.1 Å². The summed E-state index contributed by atoms with van der Waals surface area (Å²) < 4.78 is 16.1. The van der Waals surface area contributed by atoms with Crippen molar-refractivity contribution in [3.63, 3.8) is 0 Å². The van der Waals surface area contributed by atoms with Crippen molar-refractivity contribution in [2.24, 2.45) is 5.92 Å². The SMILES string of the molecule is CC(C)CNc1nc(-c2ccccc2)cn2c(-c3ccc(C(=O)NC4CC4)cc3)c(CF)nc12. The second-order valence-electron chi connectivity index (χ2n) is 9.17. The lowest BCUT2D eigenvalue weighted by atomic mass is 10.1. The summed E-state index contributed by atoms with van der Waals surface area (Å²) in [6, 6.07) is 17.5. The molecule has 2 heterocycles. The number of anilines is 1. The van der Waals surface area contributed by atoms with Gasteiger partial charge in [0.15, 0.2) is 11.5 Å². The number of aromatic nitrogens is 3. The van der Waals surface area contributed by atoms with Crippen LogP contribution in [0.1, 0.15) is 42.7 Å². The lowest BCUT2D eigenvalue weighted by Gasteiger charge is -2.13. The van der Waals surface area contributed by atoms with E-state index in [9.17, 15) is 9.18 Å². The predicted octanol–water partition coefficient (Wildman–Crippen LogP) is 5.49. The molecule has 1 fully saturated rings. The van der Waals surface area contributed by atoms with Gasteiger partial charge in [0.25, 0.3) is 5.91 Å². The Morgan fingerprint density at radius 3 is 2.44 bits per heavy atom. The van der Waals surface area contributed by atoms with Gasteiger partial charge in [0, 0.05) is 35.5 Å². The first-order valence-electron chi connectivity index (χ1n) is 11.7. The van der Waals surface area contributed by atoms with Crippen molar-refractivity contribution in [2.75, 3.05) is 11.9 Å². The summed E-state index contributed by atoms with van der Waals surface area (Å²) >= 11 is 0. The molecule has 0 atom stereocenters. The number of nitrogens with one attached hydrogen (secondary N) is 2. The summed E-state index contributed by atoms with van der Waals surface area (Å²) in [4.78, 5) is 21.8. The lowest BCUT2D eigenvalue weighted by Crippen LogP contribution is -2.25. The maximum atomic E-state index is 14.2. The van der Waals surface area contributed by atoms with Crippen LogP contribution in [0.25, 0.3) is 28.2 Å². The Hall–Kier alpha value is -3.74. The molecule has 1 aliphatic carbocycles. The zero-order valence-electron chi connectivity index (χ0n) is 19.4. The fourth-order valence-corrected chi connectivity index (χ4v) is 3.94. The third-order valence-electron chi connectivity index (χ3n) is 5.89. The number of rotatable bonds is 8. The van der Waals surface area contributed by atoms with Crippen molar-refractivity contribution >= 4 is 17.4 Å². The molecule has 1 saturated carbocycles. The quantitative estimate of drug-likeness (QED) is 0.367. The molecule has 0 aliphatic heterocycles. The van der Waals surface area contributed by atoms with E-state index < -0.39 is 6.67 Å². The number of hydrogen-bond donors (Lipinski definition) is 2. The molecule has 34 heavy (non-hydrogen) atoms. The highest BCUT2D eigenvalue weighted by atomic mass is 19.1. The molecule has 0 radical (unpaired) electrons. The minimum absolute atomic E-state index is 0.0753. The van der Waals surface area contributed by atoms with Gasteiger partial charge in [-0.05, 0) is 30.9 Å². The van der Waals surface area contributed by atoms with Crippen molar-refractivity contribution in [1.82, 2.24) is 19.7 Å². The molecule has 1 aliphatic rings. The fraction of sp³-hybridized carbons (Fsp3) is 0.296. The molecule has 0 bridgehead atoms. The Balaban J connectivity index is 1.61. The van der Waals surface area contributed by atoms with Crippen molar-refractivity contribution in [3.8, 4) is 22.5 Å². The van der Waals surface area contributed by atoms with Gasteiger partial charge in [0.1, 0.15) is 6.67 Å². The van der Waals surface area contributed by atoms with Crippen LogP contribution in [0.4, 0.5) is 10.2 Å². The molecule has 5 rings (SSSR count). The van der Waals surface area contributed by atoms with Gasteiger partial charge in [-0.3, -0.25) is 9.20 Å². The molecule has 2 N–H and O–H groups in total. The highest BCUT2D eigenvalue weighted by Crippen LogP contribution is 2.31. The van der Waals surface area contributed by atoms with Crippen LogP contribution < -0.4 is 10.6 Å². The van der Waals surface area contributed by atoms with Crippen molar-refractivity contribution in [1.29, 1.82) is 0 Å². The Labute approximate surface area is 198 Å². The van der Waals surface area contributed by atoms with E-state index in [4.69, 9.17) is 4.98 Å². The van der Waals surface area contributed by atoms with E-state index in [-0.39, 0.29) is 5.91 Å². The Morgan fingerprint density at radius 1 is 1.06 bits per heavy atom. The van der Waals surface area contributed by atoms with Crippen LogP contribution in [0.15, 0.2) is 60.8 Å². The van der Waals surface area contributed by atoms with Crippen LogP contribution in [-0.4, -0.2) is 32.9 Å². The summed E-state index contributed by atoms with van der Waals surface area (Å²) in [7, 11) is 0. The van der Waals surface area contributed by atoms with E-state index in [2.05, 4.69) is 29.5 Å². The number of amides is 1. The standard InChI is InChI=1S/C27H28FN5O/c1-17(2)15-29-25-26-32-22(14-28)24(33(26)16-23(31-25)18-6-4-3-5-7-18)19-8-10-20(11-9-19)27(34)30-21-12-13-21/h3-11,16-17,21H,12-15H2,1-2H3,(H,29,31)(H,30,34). The number of hydrogen-bond acceptors (Lipinski definition) is 4. The van der Waals surface area contributed by atoms with Gasteiger partial charge in [0.2, 0.25) is 0 Å². The molecule has 4 aromatic rings. The van der Waals surface area contributed by atoms with Crippen LogP contribution in [0, 0.1) is 5.92 Å². The number of nitrogens with zero attached hydrogens (tertiary/aromatic N) is 3. The van der Waals surface area contributed by atoms with Crippen molar-refractivity contribution < 1.29 is 9.18 Å². The van der Waals surface area contributed by atoms with Gasteiger partial charge >= 0.3 is 0 Å². The molecule has 2 aromatic carbocycles. The molecule has 174 valence electrons.